The number of rotatable bonds is 4. The van der Waals surface area contributed by atoms with Crippen LogP contribution in [0, 0.1) is 0 Å². The molecule has 3 amide bonds. The summed E-state index contributed by atoms with van der Waals surface area (Å²) in [6.07, 6.45) is -4.72. The molecule has 0 saturated carbocycles. The van der Waals surface area contributed by atoms with Crippen molar-refractivity contribution in [1.82, 2.24) is 25.6 Å². The van der Waals surface area contributed by atoms with Crippen LogP contribution in [0.3, 0.4) is 0 Å². The molecule has 5 aromatic rings. The number of amides is 3. The summed E-state index contributed by atoms with van der Waals surface area (Å²) in [5.74, 6) is -0.825. The molecule has 0 radical (unpaired) electrons. The van der Waals surface area contributed by atoms with Gasteiger partial charge in [-0.05, 0) is 47.2 Å². The molecule has 0 aliphatic rings. The van der Waals surface area contributed by atoms with Crippen molar-refractivity contribution < 1.29 is 22.8 Å². The molecular formula is C25H16ClF3N6O2S. The zero-order chi connectivity index (χ0) is 26.9. The molecule has 0 spiro atoms. The van der Waals surface area contributed by atoms with Crippen molar-refractivity contribution in [3.63, 3.8) is 0 Å². The summed E-state index contributed by atoms with van der Waals surface area (Å²) in [4.78, 5) is 28.5. The maximum absolute atomic E-state index is 13.9. The molecule has 2 heterocycles. The molecular weight excluding hydrogens is 541 g/mol. The van der Waals surface area contributed by atoms with Gasteiger partial charge in [-0.1, -0.05) is 48.0 Å². The van der Waals surface area contributed by atoms with E-state index in [1.165, 1.54) is 5.38 Å². The van der Waals surface area contributed by atoms with Crippen molar-refractivity contribution in [2.45, 2.75) is 6.18 Å². The van der Waals surface area contributed by atoms with Crippen LogP contribution in [-0.4, -0.2) is 26.7 Å². The SMILES string of the molecule is O=C(NNC(=O)c1csc(-n2nc(-c3ccc4ccccc4c3)cc2C(F)(F)F)n1)Nc1ccc(Cl)cc1. The minimum atomic E-state index is -4.72. The number of hydrazine groups is 1. The third-order valence-corrected chi connectivity index (χ3v) is 6.41. The molecule has 3 aromatic carbocycles. The van der Waals surface area contributed by atoms with Crippen LogP contribution in [0.4, 0.5) is 23.7 Å². The lowest BCUT2D eigenvalue weighted by Gasteiger charge is -2.08. The summed E-state index contributed by atoms with van der Waals surface area (Å²) in [5.41, 5.74) is 4.09. The van der Waals surface area contributed by atoms with E-state index in [4.69, 9.17) is 11.6 Å². The highest BCUT2D eigenvalue weighted by atomic mass is 35.5. The first-order valence-electron chi connectivity index (χ1n) is 10.9. The average molecular weight is 557 g/mol. The van der Waals surface area contributed by atoms with Crippen molar-refractivity contribution in [2.75, 3.05) is 5.32 Å². The summed E-state index contributed by atoms with van der Waals surface area (Å²) in [7, 11) is 0. The predicted octanol–water partition coefficient (Wildman–Crippen LogP) is 6.29. The van der Waals surface area contributed by atoms with Crippen molar-refractivity contribution in [2.24, 2.45) is 0 Å². The number of aromatic nitrogens is 3. The van der Waals surface area contributed by atoms with Gasteiger partial charge >= 0.3 is 12.2 Å². The van der Waals surface area contributed by atoms with Gasteiger partial charge in [0.2, 0.25) is 5.13 Å². The average Bonchev–Trinajstić information content (AvgIpc) is 3.56. The molecule has 3 N–H and O–H groups in total. The van der Waals surface area contributed by atoms with Gasteiger partial charge in [-0.25, -0.2) is 19.9 Å². The highest BCUT2D eigenvalue weighted by molar-refractivity contribution is 7.12. The maximum atomic E-state index is 13.9. The van der Waals surface area contributed by atoms with Gasteiger partial charge < -0.3 is 5.32 Å². The van der Waals surface area contributed by atoms with E-state index in [0.717, 1.165) is 28.2 Å². The number of urea groups is 1. The second-order valence-corrected chi connectivity index (χ2v) is 9.21. The summed E-state index contributed by atoms with van der Waals surface area (Å²) < 4.78 is 42.3. The van der Waals surface area contributed by atoms with Crippen molar-refractivity contribution in [1.29, 1.82) is 0 Å². The zero-order valence-corrected chi connectivity index (χ0v) is 20.7. The first kappa shape index (κ1) is 25.2. The van der Waals surface area contributed by atoms with Crippen LogP contribution in [0.1, 0.15) is 16.2 Å². The Morgan fingerprint density at radius 2 is 1.66 bits per heavy atom. The minimum Gasteiger partial charge on any atom is -0.307 e. The van der Waals surface area contributed by atoms with Gasteiger partial charge in [0.1, 0.15) is 5.69 Å². The molecule has 0 atom stereocenters. The number of thiazole rings is 1. The molecule has 0 fully saturated rings. The van der Waals surface area contributed by atoms with Gasteiger partial charge in [0.15, 0.2) is 5.69 Å². The van der Waals surface area contributed by atoms with Crippen LogP contribution in [0.25, 0.3) is 27.2 Å². The maximum Gasteiger partial charge on any atom is 0.433 e. The Hall–Kier alpha value is -4.42. The van der Waals surface area contributed by atoms with Gasteiger partial charge in [0, 0.05) is 21.7 Å². The molecule has 5 rings (SSSR count). The third-order valence-electron chi connectivity index (χ3n) is 5.34. The number of hydrogen-bond acceptors (Lipinski definition) is 5. The first-order chi connectivity index (χ1) is 18.2. The standard InChI is InChI=1S/C25H16ClF3N6O2S/c26-17-7-9-18(10-8-17)30-23(37)33-32-22(36)20-13-38-24(31-20)35-21(25(27,28)29)12-19(34-35)16-6-5-14-3-1-2-4-15(14)11-16/h1-13H,(H,32,36)(H2,30,33,37). The van der Waals surface area contributed by atoms with E-state index in [2.05, 4.69) is 26.3 Å². The fraction of sp³-hybridized carbons (Fsp3) is 0.0400. The van der Waals surface area contributed by atoms with E-state index in [1.54, 1.807) is 42.5 Å². The normalized spacial score (nSPS) is 11.4. The number of hydrogen-bond donors (Lipinski definition) is 3. The topological polar surface area (TPSA) is 101 Å². The van der Waals surface area contributed by atoms with E-state index >= 15 is 0 Å². The fourth-order valence-corrected chi connectivity index (χ4v) is 4.45. The monoisotopic (exact) mass is 556 g/mol. The zero-order valence-electron chi connectivity index (χ0n) is 19.1. The summed E-state index contributed by atoms with van der Waals surface area (Å²) in [6.45, 7) is 0. The highest BCUT2D eigenvalue weighted by Gasteiger charge is 2.37. The molecule has 8 nitrogen and oxygen atoms in total. The Balaban J connectivity index is 1.34. The van der Waals surface area contributed by atoms with Crippen LogP contribution in [0.5, 0.6) is 0 Å². The molecule has 0 bridgehead atoms. The van der Waals surface area contributed by atoms with Gasteiger partial charge in [-0.15, -0.1) is 11.3 Å². The molecule has 0 saturated heterocycles. The van der Waals surface area contributed by atoms with E-state index in [-0.39, 0.29) is 16.5 Å². The molecule has 0 aliphatic carbocycles. The third kappa shape index (κ3) is 5.45. The van der Waals surface area contributed by atoms with Crippen molar-refractivity contribution in [3.05, 3.63) is 94.6 Å². The Kier molecular flexibility index (Phi) is 6.74. The first-order valence-corrected chi connectivity index (χ1v) is 12.2. The Morgan fingerprint density at radius 3 is 2.39 bits per heavy atom. The predicted molar refractivity (Wildman–Crippen MR) is 138 cm³/mol. The quantitative estimate of drug-likeness (QED) is 0.227. The Bertz CT molecular complexity index is 1650. The highest BCUT2D eigenvalue weighted by Crippen LogP contribution is 2.35. The van der Waals surface area contributed by atoms with Gasteiger partial charge in [-0.3, -0.25) is 10.2 Å². The molecule has 0 aliphatic heterocycles. The Labute approximate surface area is 222 Å². The summed E-state index contributed by atoms with van der Waals surface area (Å²) in [5, 5.41) is 10.0. The summed E-state index contributed by atoms with van der Waals surface area (Å²) >= 11 is 6.59. The van der Waals surface area contributed by atoms with E-state index < -0.39 is 23.8 Å². The van der Waals surface area contributed by atoms with Crippen LogP contribution >= 0.6 is 22.9 Å². The smallest absolute Gasteiger partial charge is 0.307 e. The number of anilines is 1. The number of nitrogens with zero attached hydrogens (tertiary/aromatic N) is 3. The van der Waals surface area contributed by atoms with Crippen molar-refractivity contribution in [3.8, 4) is 16.4 Å². The number of fused-ring (bicyclic) bond motifs is 1. The number of nitrogens with one attached hydrogen (secondary N) is 3. The second kappa shape index (κ2) is 10.1. The molecule has 2 aromatic heterocycles. The van der Waals surface area contributed by atoms with E-state index in [0.29, 0.717) is 21.0 Å². The lowest BCUT2D eigenvalue weighted by Crippen LogP contribution is -2.44. The van der Waals surface area contributed by atoms with Crippen LogP contribution < -0.4 is 16.2 Å². The minimum absolute atomic E-state index is 0.102. The van der Waals surface area contributed by atoms with Crippen LogP contribution in [0.2, 0.25) is 5.02 Å². The van der Waals surface area contributed by atoms with Gasteiger partial charge in [0.05, 0.1) is 5.69 Å². The summed E-state index contributed by atoms with van der Waals surface area (Å²) in [6, 6.07) is 19.2. The van der Waals surface area contributed by atoms with Gasteiger partial charge in [0.25, 0.3) is 5.91 Å². The molecule has 38 heavy (non-hydrogen) atoms. The van der Waals surface area contributed by atoms with E-state index in [1.807, 2.05) is 24.3 Å². The Morgan fingerprint density at radius 1 is 0.921 bits per heavy atom. The number of alkyl halides is 3. The fourth-order valence-electron chi connectivity index (χ4n) is 3.56. The van der Waals surface area contributed by atoms with E-state index in [9.17, 15) is 22.8 Å². The number of carbonyl (C=O) groups excluding carboxylic acids is 2. The van der Waals surface area contributed by atoms with Crippen LogP contribution in [0.15, 0.2) is 78.2 Å². The van der Waals surface area contributed by atoms with Gasteiger partial charge in [-0.2, -0.15) is 18.3 Å². The lowest BCUT2D eigenvalue weighted by atomic mass is 10.1. The van der Waals surface area contributed by atoms with Crippen molar-refractivity contribution >= 4 is 51.3 Å². The molecule has 192 valence electrons. The molecule has 0 unspecified atom stereocenters. The largest absolute Gasteiger partial charge is 0.433 e. The lowest BCUT2D eigenvalue weighted by molar-refractivity contribution is -0.142. The van der Waals surface area contributed by atoms with Crippen LogP contribution in [-0.2, 0) is 6.18 Å². The second-order valence-electron chi connectivity index (χ2n) is 7.94. The molecule has 13 heteroatoms. The number of halogens is 4. The number of benzene rings is 3. The number of carbonyl (C=O) groups is 2.